The van der Waals surface area contributed by atoms with Crippen LogP contribution in [0.3, 0.4) is 0 Å². The van der Waals surface area contributed by atoms with E-state index < -0.39 is 14.8 Å². The second kappa shape index (κ2) is 13.2. The molecule has 0 aromatic carbocycles. The van der Waals surface area contributed by atoms with Gasteiger partial charge in [0.15, 0.2) is 0 Å². The molecule has 126 valence electrons. The van der Waals surface area contributed by atoms with E-state index >= 15 is 0 Å². The SMILES string of the molecule is CCO[Si](CCCCCCCCC(=O)O)(OCC)OCC. The quantitative estimate of drug-likeness (QED) is 0.367. The Morgan fingerprint density at radius 1 is 0.810 bits per heavy atom. The molecule has 0 aliphatic carbocycles. The number of hydrogen-bond acceptors (Lipinski definition) is 4. The third-order valence-corrected chi connectivity index (χ3v) is 6.37. The molecule has 0 spiro atoms. The maximum Gasteiger partial charge on any atom is 0.500 e. The molecule has 0 rings (SSSR count). The van der Waals surface area contributed by atoms with E-state index in [0.717, 1.165) is 44.6 Å². The number of carbonyl (C=O) groups is 1. The number of carboxylic acid groups (broad SMARTS) is 1. The van der Waals surface area contributed by atoms with Crippen molar-refractivity contribution in [3.63, 3.8) is 0 Å². The predicted molar refractivity (Wildman–Crippen MR) is 85.4 cm³/mol. The highest BCUT2D eigenvalue weighted by Crippen LogP contribution is 2.20. The van der Waals surface area contributed by atoms with Gasteiger partial charge in [0.25, 0.3) is 0 Å². The molecule has 0 aromatic rings. The van der Waals surface area contributed by atoms with Crippen molar-refractivity contribution in [2.45, 2.75) is 71.8 Å². The van der Waals surface area contributed by atoms with Crippen molar-refractivity contribution in [1.29, 1.82) is 0 Å². The Bertz CT molecular complexity index is 243. The number of carboxylic acids is 1. The fourth-order valence-electron chi connectivity index (χ4n) is 2.33. The highest BCUT2D eigenvalue weighted by atomic mass is 28.4. The van der Waals surface area contributed by atoms with Crippen LogP contribution in [0.4, 0.5) is 0 Å². The fourth-order valence-corrected chi connectivity index (χ4v) is 5.01. The summed E-state index contributed by atoms with van der Waals surface area (Å²) in [6, 6.07) is 0.873. The second-order valence-electron chi connectivity index (χ2n) is 5.00. The lowest BCUT2D eigenvalue weighted by molar-refractivity contribution is -0.137. The zero-order chi connectivity index (χ0) is 16.0. The molecule has 0 aromatic heterocycles. The van der Waals surface area contributed by atoms with Crippen LogP contribution in [0.1, 0.15) is 65.7 Å². The second-order valence-corrected chi connectivity index (χ2v) is 7.73. The largest absolute Gasteiger partial charge is 0.500 e. The molecule has 0 atom stereocenters. The Hall–Kier alpha value is -0.433. The van der Waals surface area contributed by atoms with Gasteiger partial charge in [-0.3, -0.25) is 4.79 Å². The Morgan fingerprint density at radius 3 is 1.67 bits per heavy atom. The highest BCUT2D eigenvalue weighted by molar-refractivity contribution is 6.60. The first-order valence-corrected chi connectivity index (χ1v) is 10.2. The van der Waals surface area contributed by atoms with Crippen LogP contribution in [0, 0.1) is 0 Å². The van der Waals surface area contributed by atoms with Gasteiger partial charge in [-0.15, -0.1) is 0 Å². The first-order chi connectivity index (χ1) is 10.1. The van der Waals surface area contributed by atoms with Gasteiger partial charge in [-0.25, -0.2) is 0 Å². The van der Waals surface area contributed by atoms with E-state index in [1.54, 1.807) is 0 Å². The van der Waals surface area contributed by atoms with Gasteiger partial charge < -0.3 is 18.4 Å². The summed E-state index contributed by atoms with van der Waals surface area (Å²) in [6.07, 6.45) is 6.46. The van der Waals surface area contributed by atoms with Gasteiger partial charge in [-0.2, -0.15) is 0 Å². The number of hydrogen-bond donors (Lipinski definition) is 1. The lowest BCUT2D eigenvalue weighted by Crippen LogP contribution is -2.45. The van der Waals surface area contributed by atoms with Gasteiger partial charge in [0, 0.05) is 32.3 Å². The highest BCUT2D eigenvalue weighted by Gasteiger charge is 2.39. The summed E-state index contributed by atoms with van der Waals surface area (Å²) in [5.74, 6) is -0.698. The summed E-state index contributed by atoms with van der Waals surface area (Å²) in [4.78, 5) is 10.4. The molecule has 21 heavy (non-hydrogen) atoms. The Kier molecular flexibility index (Phi) is 13.0. The summed E-state index contributed by atoms with van der Waals surface area (Å²) in [6.45, 7) is 7.80. The molecule has 0 saturated carbocycles. The maximum atomic E-state index is 10.4. The number of aliphatic carboxylic acids is 1. The van der Waals surface area contributed by atoms with Crippen molar-refractivity contribution in [3.05, 3.63) is 0 Å². The van der Waals surface area contributed by atoms with Crippen molar-refractivity contribution in [1.82, 2.24) is 0 Å². The molecule has 6 heteroatoms. The van der Waals surface area contributed by atoms with Gasteiger partial charge in [-0.05, 0) is 33.6 Å². The number of rotatable bonds is 15. The first kappa shape index (κ1) is 20.6. The van der Waals surface area contributed by atoms with Crippen LogP contribution in [0.15, 0.2) is 0 Å². The van der Waals surface area contributed by atoms with Crippen LogP contribution < -0.4 is 0 Å². The van der Waals surface area contributed by atoms with Crippen molar-refractivity contribution in [3.8, 4) is 0 Å². The molecule has 1 N–H and O–H groups in total. The van der Waals surface area contributed by atoms with E-state index in [0.29, 0.717) is 19.8 Å². The number of unbranched alkanes of at least 4 members (excludes halogenated alkanes) is 5. The minimum atomic E-state index is -2.46. The van der Waals surface area contributed by atoms with Crippen molar-refractivity contribution in [2.24, 2.45) is 0 Å². The van der Waals surface area contributed by atoms with E-state index in [9.17, 15) is 4.79 Å². The van der Waals surface area contributed by atoms with Crippen LogP contribution in [-0.2, 0) is 18.1 Å². The van der Waals surface area contributed by atoms with Gasteiger partial charge in [0.1, 0.15) is 0 Å². The van der Waals surface area contributed by atoms with Gasteiger partial charge in [-0.1, -0.05) is 25.7 Å². The van der Waals surface area contributed by atoms with Crippen LogP contribution in [0.2, 0.25) is 6.04 Å². The molecular weight excluding hydrogens is 288 g/mol. The molecular formula is C15H32O5Si. The third-order valence-electron chi connectivity index (χ3n) is 3.22. The summed E-state index contributed by atoms with van der Waals surface area (Å²) in [7, 11) is -2.46. The molecule has 0 radical (unpaired) electrons. The smallest absolute Gasteiger partial charge is 0.481 e. The average molecular weight is 321 g/mol. The molecule has 0 saturated heterocycles. The topological polar surface area (TPSA) is 65.0 Å². The van der Waals surface area contributed by atoms with E-state index in [-0.39, 0.29) is 6.42 Å². The van der Waals surface area contributed by atoms with Crippen LogP contribution in [0.5, 0.6) is 0 Å². The monoisotopic (exact) mass is 320 g/mol. The maximum absolute atomic E-state index is 10.4. The average Bonchev–Trinajstić information content (AvgIpc) is 2.42. The molecule has 0 unspecified atom stereocenters. The lowest BCUT2D eigenvalue weighted by atomic mass is 10.1. The molecule has 0 aliphatic rings. The Labute approximate surface area is 130 Å². The molecule has 0 heterocycles. The van der Waals surface area contributed by atoms with Crippen LogP contribution in [0.25, 0.3) is 0 Å². The standard InChI is InChI=1S/C15H32O5Si/c1-4-18-21(19-5-2,20-6-3)14-12-10-8-7-9-11-13-15(16)17/h4-14H2,1-3H3,(H,16,17). The first-order valence-electron chi connectivity index (χ1n) is 8.23. The van der Waals surface area contributed by atoms with E-state index in [1.807, 2.05) is 20.8 Å². The summed E-state index contributed by atoms with van der Waals surface area (Å²) in [5, 5.41) is 8.56. The Balaban J connectivity index is 3.83. The van der Waals surface area contributed by atoms with Crippen LogP contribution >= 0.6 is 0 Å². The Morgan fingerprint density at radius 2 is 1.24 bits per heavy atom. The lowest BCUT2D eigenvalue weighted by Gasteiger charge is -2.28. The normalized spacial score (nSPS) is 11.8. The molecule has 0 amide bonds. The van der Waals surface area contributed by atoms with E-state index in [4.69, 9.17) is 18.4 Å². The van der Waals surface area contributed by atoms with E-state index in [1.165, 1.54) is 0 Å². The predicted octanol–water partition coefficient (Wildman–Crippen LogP) is 3.85. The minimum Gasteiger partial charge on any atom is -0.481 e. The fraction of sp³-hybridized carbons (Fsp3) is 0.933. The van der Waals surface area contributed by atoms with Gasteiger partial charge >= 0.3 is 14.8 Å². The molecule has 0 fully saturated rings. The molecule has 0 aliphatic heterocycles. The van der Waals surface area contributed by atoms with Gasteiger partial charge in [0.2, 0.25) is 0 Å². The van der Waals surface area contributed by atoms with Crippen molar-refractivity contribution >= 4 is 14.8 Å². The zero-order valence-electron chi connectivity index (χ0n) is 13.9. The van der Waals surface area contributed by atoms with Gasteiger partial charge in [0.05, 0.1) is 0 Å². The van der Waals surface area contributed by atoms with Crippen LogP contribution in [-0.4, -0.2) is 39.7 Å². The van der Waals surface area contributed by atoms with Crippen molar-refractivity contribution in [2.75, 3.05) is 19.8 Å². The van der Waals surface area contributed by atoms with Crippen molar-refractivity contribution < 1.29 is 23.2 Å². The summed E-state index contributed by atoms with van der Waals surface area (Å²) < 4.78 is 17.4. The zero-order valence-corrected chi connectivity index (χ0v) is 14.9. The third kappa shape index (κ3) is 10.9. The van der Waals surface area contributed by atoms with E-state index in [2.05, 4.69) is 0 Å². The summed E-state index contributed by atoms with van der Waals surface area (Å²) >= 11 is 0. The summed E-state index contributed by atoms with van der Waals surface area (Å²) in [5.41, 5.74) is 0. The minimum absolute atomic E-state index is 0.287. The molecule has 0 bridgehead atoms. The molecule has 5 nitrogen and oxygen atoms in total.